The van der Waals surface area contributed by atoms with Crippen molar-refractivity contribution in [3.63, 3.8) is 0 Å². The lowest BCUT2D eigenvalue weighted by Gasteiger charge is -2.00. The third-order valence-corrected chi connectivity index (χ3v) is 3.09. The molecule has 0 saturated heterocycles. The minimum Gasteiger partial charge on any atom is -0.481 e. The predicted octanol–water partition coefficient (Wildman–Crippen LogP) is 1.69. The van der Waals surface area contributed by atoms with Crippen LogP contribution in [-0.2, 0) is 24.0 Å². The number of hydrogen-bond acceptors (Lipinski definition) is 3. The molecule has 15 heavy (non-hydrogen) atoms. The molecular weight excluding hydrogens is 212 g/mol. The third kappa shape index (κ3) is 3.95. The van der Waals surface area contributed by atoms with Crippen LogP contribution in [-0.4, -0.2) is 26.6 Å². The smallest absolute Gasteiger partial charge is 0.304 e. The number of rotatable bonds is 6. The van der Waals surface area contributed by atoms with E-state index in [1.807, 2.05) is 11.7 Å². The van der Waals surface area contributed by atoms with E-state index in [9.17, 15) is 4.79 Å². The van der Waals surface area contributed by atoms with Crippen molar-refractivity contribution in [1.82, 2.24) is 9.78 Å². The van der Waals surface area contributed by atoms with Crippen LogP contribution in [0.15, 0.2) is 6.07 Å². The van der Waals surface area contributed by atoms with Crippen LogP contribution in [0.5, 0.6) is 0 Å². The fraction of sp³-hybridized carbons (Fsp3) is 0.600. The average molecular weight is 228 g/mol. The van der Waals surface area contributed by atoms with E-state index in [2.05, 4.69) is 18.1 Å². The molecule has 0 unspecified atom stereocenters. The number of carboxylic acids is 1. The number of aryl methyl sites for hydroxylation is 2. The Balaban J connectivity index is 2.36. The molecule has 84 valence electrons. The minimum atomic E-state index is -0.734. The Kier molecular flexibility index (Phi) is 4.68. The molecule has 1 aromatic rings. The molecule has 0 amide bonds. The second kappa shape index (κ2) is 5.80. The zero-order valence-corrected chi connectivity index (χ0v) is 9.88. The lowest BCUT2D eigenvalue weighted by atomic mass is 10.3. The maximum Gasteiger partial charge on any atom is 0.304 e. The van der Waals surface area contributed by atoms with E-state index in [-0.39, 0.29) is 6.42 Å². The highest BCUT2D eigenvalue weighted by molar-refractivity contribution is 7.98. The first-order valence-corrected chi connectivity index (χ1v) is 6.10. The van der Waals surface area contributed by atoms with Gasteiger partial charge in [-0.05, 0) is 12.5 Å². The largest absolute Gasteiger partial charge is 0.481 e. The molecule has 1 aromatic heterocycles. The molecule has 0 atom stereocenters. The first-order chi connectivity index (χ1) is 7.13. The first-order valence-electron chi connectivity index (χ1n) is 4.94. The number of aliphatic carboxylic acids is 1. The van der Waals surface area contributed by atoms with Gasteiger partial charge in [-0.3, -0.25) is 9.48 Å². The number of carboxylic acid groups (broad SMARTS) is 1. The Hall–Kier alpha value is -0.970. The van der Waals surface area contributed by atoms with Crippen LogP contribution < -0.4 is 0 Å². The fourth-order valence-electron chi connectivity index (χ4n) is 1.22. The number of aromatic nitrogens is 2. The molecule has 1 heterocycles. The second-order valence-electron chi connectivity index (χ2n) is 3.30. The van der Waals surface area contributed by atoms with Crippen LogP contribution in [0.3, 0.4) is 0 Å². The van der Waals surface area contributed by atoms with Crippen LogP contribution >= 0.6 is 11.8 Å². The van der Waals surface area contributed by atoms with Crippen molar-refractivity contribution < 1.29 is 9.90 Å². The summed E-state index contributed by atoms with van der Waals surface area (Å²) in [5.41, 5.74) is 2.24. The Labute approximate surface area is 93.7 Å². The summed E-state index contributed by atoms with van der Waals surface area (Å²) in [7, 11) is 1.92. The molecule has 0 fully saturated rings. The Morgan fingerprint density at radius 3 is 2.93 bits per heavy atom. The molecule has 0 radical (unpaired) electrons. The monoisotopic (exact) mass is 228 g/mol. The Morgan fingerprint density at radius 2 is 2.40 bits per heavy atom. The van der Waals surface area contributed by atoms with Gasteiger partial charge in [0.1, 0.15) is 0 Å². The van der Waals surface area contributed by atoms with Gasteiger partial charge in [0.05, 0.1) is 12.1 Å². The van der Waals surface area contributed by atoms with E-state index in [0.717, 1.165) is 23.6 Å². The number of nitrogens with zero attached hydrogens (tertiary/aromatic N) is 2. The van der Waals surface area contributed by atoms with Crippen LogP contribution in [0.25, 0.3) is 0 Å². The molecule has 0 aliphatic rings. The van der Waals surface area contributed by atoms with Crippen molar-refractivity contribution in [2.45, 2.75) is 25.5 Å². The molecule has 0 bridgehead atoms. The van der Waals surface area contributed by atoms with Crippen LogP contribution in [0, 0.1) is 0 Å². The van der Waals surface area contributed by atoms with Gasteiger partial charge in [0, 0.05) is 24.2 Å². The summed E-state index contributed by atoms with van der Waals surface area (Å²) in [5, 5.41) is 12.8. The minimum absolute atomic E-state index is 0.225. The fourth-order valence-corrected chi connectivity index (χ4v) is 2.16. The van der Waals surface area contributed by atoms with Crippen molar-refractivity contribution in [3.05, 3.63) is 17.5 Å². The lowest BCUT2D eigenvalue weighted by Crippen LogP contribution is -1.99. The second-order valence-corrected chi connectivity index (χ2v) is 4.41. The van der Waals surface area contributed by atoms with Crippen molar-refractivity contribution in [3.8, 4) is 0 Å². The highest BCUT2D eigenvalue weighted by Crippen LogP contribution is 2.14. The molecule has 5 heteroatoms. The quantitative estimate of drug-likeness (QED) is 0.753. The molecule has 1 N–H and O–H groups in total. The van der Waals surface area contributed by atoms with Gasteiger partial charge in [-0.25, -0.2) is 0 Å². The van der Waals surface area contributed by atoms with E-state index >= 15 is 0 Å². The van der Waals surface area contributed by atoms with Crippen molar-refractivity contribution >= 4 is 17.7 Å². The topological polar surface area (TPSA) is 55.1 Å². The van der Waals surface area contributed by atoms with Gasteiger partial charge in [0.2, 0.25) is 0 Å². The number of carbonyl (C=O) groups is 1. The standard InChI is InChI=1S/C10H16N2O2S/c1-3-8-6-9(12(2)11-8)7-15-5-4-10(13)14/h6H,3-5,7H2,1-2H3,(H,13,14). The Morgan fingerprint density at radius 1 is 1.67 bits per heavy atom. The molecule has 4 nitrogen and oxygen atoms in total. The maximum atomic E-state index is 10.3. The zero-order valence-electron chi connectivity index (χ0n) is 9.06. The van der Waals surface area contributed by atoms with Gasteiger partial charge in [-0.2, -0.15) is 16.9 Å². The molecular formula is C10H16N2O2S. The van der Waals surface area contributed by atoms with Gasteiger partial charge in [0.25, 0.3) is 0 Å². The van der Waals surface area contributed by atoms with Gasteiger partial charge in [-0.1, -0.05) is 6.92 Å². The number of thioether (sulfide) groups is 1. The molecule has 0 aliphatic carbocycles. The summed E-state index contributed by atoms with van der Waals surface area (Å²) < 4.78 is 1.87. The van der Waals surface area contributed by atoms with E-state index < -0.39 is 5.97 Å². The van der Waals surface area contributed by atoms with Gasteiger partial charge in [-0.15, -0.1) is 0 Å². The molecule has 0 aromatic carbocycles. The van der Waals surface area contributed by atoms with Crippen LogP contribution in [0.1, 0.15) is 24.7 Å². The van der Waals surface area contributed by atoms with Gasteiger partial charge >= 0.3 is 5.97 Å². The predicted molar refractivity (Wildman–Crippen MR) is 61.0 cm³/mol. The zero-order chi connectivity index (χ0) is 11.3. The third-order valence-electron chi connectivity index (χ3n) is 2.10. The highest BCUT2D eigenvalue weighted by atomic mass is 32.2. The van der Waals surface area contributed by atoms with Crippen LogP contribution in [0.4, 0.5) is 0 Å². The molecule has 0 saturated carbocycles. The summed E-state index contributed by atoms with van der Waals surface area (Å²) in [6.45, 7) is 2.07. The highest BCUT2D eigenvalue weighted by Gasteiger charge is 2.04. The molecule has 0 spiro atoms. The van der Waals surface area contributed by atoms with Crippen molar-refractivity contribution in [1.29, 1.82) is 0 Å². The van der Waals surface area contributed by atoms with Crippen molar-refractivity contribution in [2.75, 3.05) is 5.75 Å². The van der Waals surface area contributed by atoms with E-state index in [1.165, 1.54) is 0 Å². The molecule has 1 rings (SSSR count). The summed E-state index contributed by atoms with van der Waals surface area (Å²) in [6, 6.07) is 2.08. The van der Waals surface area contributed by atoms with Crippen molar-refractivity contribution in [2.24, 2.45) is 7.05 Å². The molecule has 0 aliphatic heterocycles. The summed E-state index contributed by atoms with van der Waals surface area (Å²) in [4.78, 5) is 10.3. The first kappa shape index (κ1) is 12.1. The van der Waals surface area contributed by atoms with Gasteiger partial charge < -0.3 is 5.11 Å². The van der Waals surface area contributed by atoms with Crippen LogP contribution in [0.2, 0.25) is 0 Å². The summed E-state index contributed by atoms with van der Waals surface area (Å²) in [6.07, 6.45) is 1.16. The SMILES string of the molecule is CCc1cc(CSCCC(=O)O)n(C)n1. The van der Waals surface area contributed by atoms with E-state index in [4.69, 9.17) is 5.11 Å². The summed E-state index contributed by atoms with van der Waals surface area (Å²) >= 11 is 1.63. The number of hydrogen-bond donors (Lipinski definition) is 1. The average Bonchev–Trinajstić information content (AvgIpc) is 2.54. The maximum absolute atomic E-state index is 10.3. The normalized spacial score (nSPS) is 10.5. The van der Waals surface area contributed by atoms with E-state index in [1.54, 1.807) is 11.8 Å². The lowest BCUT2D eigenvalue weighted by molar-refractivity contribution is -0.136. The van der Waals surface area contributed by atoms with Gasteiger partial charge in [0.15, 0.2) is 0 Å². The summed E-state index contributed by atoms with van der Waals surface area (Å²) in [5.74, 6) is 0.750. The van der Waals surface area contributed by atoms with E-state index in [0.29, 0.717) is 5.75 Å². The Bertz CT molecular complexity index is 336.